The van der Waals surface area contributed by atoms with Gasteiger partial charge >= 0.3 is 5.97 Å². The highest BCUT2D eigenvalue weighted by atomic mass is 32.2. The van der Waals surface area contributed by atoms with Gasteiger partial charge in [-0.05, 0) is 35.9 Å². The number of nitro benzene ring substituents is 1. The average Bonchev–Trinajstić information content (AvgIpc) is 3.13. The van der Waals surface area contributed by atoms with Crippen LogP contribution in [0.3, 0.4) is 0 Å². The van der Waals surface area contributed by atoms with E-state index in [1.54, 1.807) is 29.1 Å². The minimum absolute atomic E-state index is 0.0233. The number of nitro groups is 1. The average molecular weight is 387 g/mol. The van der Waals surface area contributed by atoms with Crippen LogP contribution in [0.25, 0.3) is 5.69 Å². The fourth-order valence-electron chi connectivity index (χ4n) is 2.26. The lowest BCUT2D eigenvalue weighted by molar-refractivity contribution is -0.384. The van der Waals surface area contributed by atoms with Crippen LogP contribution in [0.4, 0.5) is 10.1 Å². The van der Waals surface area contributed by atoms with Gasteiger partial charge in [0, 0.05) is 24.5 Å². The summed E-state index contributed by atoms with van der Waals surface area (Å²) in [5.74, 6) is -0.786. The van der Waals surface area contributed by atoms with Gasteiger partial charge in [0.15, 0.2) is 5.16 Å². The molecule has 0 amide bonds. The van der Waals surface area contributed by atoms with Crippen molar-refractivity contribution in [2.24, 2.45) is 0 Å². The van der Waals surface area contributed by atoms with E-state index in [0.29, 0.717) is 16.4 Å². The Hall–Kier alpha value is -3.20. The summed E-state index contributed by atoms with van der Waals surface area (Å²) in [4.78, 5) is 26.2. The van der Waals surface area contributed by atoms with Crippen molar-refractivity contribution in [1.29, 1.82) is 0 Å². The highest BCUT2D eigenvalue weighted by molar-refractivity contribution is 7.99. The monoisotopic (exact) mass is 387 g/mol. The van der Waals surface area contributed by atoms with Crippen molar-refractivity contribution in [3.63, 3.8) is 0 Å². The first-order chi connectivity index (χ1) is 13.0. The van der Waals surface area contributed by atoms with Gasteiger partial charge < -0.3 is 4.74 Å². The van der Waals surface area contributed by atoms with Crippen LogP contribution in [0, 0.1) is 15.9 Å². The van der Waals surface area contributed by atoms with E-state index in [1.807, 2.05) is 0 Å². The Morgan fingerprint density at radius 2 is 2.04 bits per heavy atom. The number of ether oxygens (including phenoxy) is 1. The number of thioether (sulfide) groups is 1. The summed E-state index contributed by atoms with van der Waals surface area (Å²) in [6.07, 6.45) is 3.24. The van der Waals surface area contributed by atoms with Gasteiger partial charge in [0.2, 0.25) is 0 Å². The molecule has 0 bridgehead atoms. The second-order valence-corrected chi connectivity index (χ2v) is 6.38. The van der Waals surface area contributed by atoms with Crippen LogP contribution in [0.1, 0.15) is 5.56 Å². The first kappa shape index (κ1) is 18.6. The summed E-state index contributed by atoms with van der Waals surface area (Å²) >= 11 is 1.17. The van der Waals surface area contributed by atoms with E-state index in [0.717, 1.165) is 0 Å². The number of hydrogen-bond donors (Lipinski definition) is 0. The molecule has 1 aromatic heterocycles. The summed E-state index contributed by atoms with van der Waals surface area (Å²) in [7, 11) is 0. The molecule has 0 aliphatic carbocycles. The molecule has 0 aliphatic heterocycles. The fourth-order valence-corrected chi connectivity index (χ4v) is 3.03. The molecular weight excluding hydrogens is 373 g/mol. The Balaban J connectivity index is 1.54. The number of carbonyl (C=O) groups excluding carboxylic acids is 1. The molecule has 0 unspecified atom stereocenters. The maximum atomic E-state index is 13.4. The number of carbonyl (C=O) groups is 1. The van der Waals surface area contributed by atoms with Crippen LogP contribution in [-0.2, 0) is 16.1 Å². The van der Waals surface area contributed by atoms with Crippen LogP contribution in [0.2, 0.25) is 0 Å². The number of imidazole rings is 1. The molecule has 27 heavy (non-hydrogen) atoms. The largest absolute Gasteiger partial charge is 0.460 e. The molecule has 3 rings (SSSR count). The van der Waals surface area contributed by atoms with Crippen molar-refractivity contribution in [3.05, 3.63) is 82.4 Å². The quantitative estimate of drug-likeness (QED) is 0.266. The lowest BCUT2D eigenvalue weighted by atomic mass is 10.2. The summed E-state index contributed by atoms with van der Waals surface area (Å²) in [6, 6.07) is 11.8. The van der Waals surface area contributed by atoms with Gasteiger partial charge in [-0.15, -0.1) is 0 Å². The minimum atomic E-state index is -0.493. The van der Waals surface area contributed by atoms with Crippen molar-refractivity contribution < 1.29 is 18.8 Å². The molecular formula is C18H14FN3O4S. The van der Waals surface area contributed by atoms with Gasteiger partial charge in [-0.25, -0.2) is 9.37 Å². The number of esters is 1. The maximum absolute atomic E-state index is 13.4. The van der Waals surface area contributed by atoms with Gasteiger partial charge in [-0.2, -0.15) is 0 Å². The first-order valence-corrected chi connectivity index (χ1v) is 8.82. The number of non-ortho nitro benzene ring substituents is 1. The molecule has 0 atom stereocenters. The van der Waals surface area contributed by atoms with E-state index in [4.69, 9.17) is 4.74 Å². The van der Waals surface area contributed by atoms with Gasteiger partial charge in [0.25, 0.3) is 5.69 Å². The molecule has 0 radical (unpaired) electrons. The Kier molecular flexibility index (Phi) is 5.82. The molecule has 0 aliphatic rings. The summed E-state index contributed by atoms with van der Waals surface area (Å²) in [5.41, 5.74) is 1.24. The van der Waals surface area contributed by atoms with E-state index in [9.17, 15) is 19.3 Å². The lowest BCUT2D eigenvalue weighted by Gasteiger charge is -2.08. The molecule has 7 nitrogen and oxygen atoms in total. The molecule has 0 fully saturated rings. The summed E-state index contributed by atoms with van der Waals surface area (Å²) < 4.78 is 20.2. The second kappa shape index (κ2) is 8.45. The minimum Gasteiger partial charge on any atom is -0.460 e. The van der Waals surface area contributed by atoms with E-state index in [2.05, 4.69) is 4.98 Å². The molecule has 3 aromatic rings. The van der Waals surface area contributed by atoms with Crippen molar-refractivity contribution in [3.8, 4) is 5.69 Å². The zero-order valence-corrected chi connectivity index (χ0v) is 14.8. The maximum Gasteiger partial charge on any atom is 0.316 e. The van der Waals surface area contributed by atoms with Crippen LogP contribution in [-0.4, -0.2) is 26.2 Å². The first-order valence-electron chi connectivity index (χ1n) is 7.84. The van der Waals surface area contributed by atoms with Crippen LogP contribution in [0.15, 0.2) is 66.1 Å². The summed E-state index contributed by atoms with van der Waals surface area (Å²) in [6.45, 7) is 0.0235. The third-order valence-electron chi connectivity index (χ3n) is 3.56. The number of benzene rings is 2. The molecule has 0 saturated heterocycles. The molecule has 9 heteroatoms. The number of nitrogens with zero attached hydrogens (tertiary/aromatic N) is 3. The summed E-state index contributed by atoms with van der Waals surface area (Å²) in [5, 5.41) is 11.1. The predicted molar refractivity (Wildman–Crippen MR) is 97.1 cm³/mol. The molecule has 0 spiro atoms. The fraction of sp³-hybridized carbons (Fsp3) is 0.111. The third-order valence-corrected chi connectivity index (χ3v) is 4.50. The Morgan fingerprint density at radius 3 is 2.74 bits per heavy atom. The van der Waals surface area contributed by atoms with Crippen LogP contribution < -0.4 is 0 Å². The standard InChI is InChI=1S/C18H14FN3O4S/c19-14-2-1-3-16(10-14)21-9-8-20-18(21)27-12-17(23)26-11-13-4-6-15(7-5-13)22(24)25/h1-10H,11-12H2. The van der Waals surface area contributed by atoms with Gasteiger partial charge in [0.05, 0.1) is 16.4 Å². The van der Waals surface area contributed by atoms with Crippen LogP contribution in [0.5, 0.6) is 0 Å². The van der Waals surface area contributed by atoms with Gasteiger partial charge in [0.1, 0.15) is 12.4 Å². The third kappa shape index (κ3) is 4.91. The van der Waals surface area contributed by atoms with E-state index in [1.165, 1.54) is 48.2 Å². The highest BCUT2D eigenvalue weighted by Crippen LogP contribution is 2.21. The Morgan fingerprint density at radius 1 is 1.26 bits per heavy atom. The molecule has 138 valence electrons. The number of hydrogen-bond acceptors (Lipinski definition) is 6. The Bertz CT molecular complexity index is 959. The Labute approximate surface area is 157 Å². The number of aromatic nitrogens is 2. The lowest BCUT2D eigenvalue weighted by Crippen LogP contribution is -2.08. The molecule has 2 aromatic carbocycles. The van der Waals surface area contributed by atoms with Crippen molar-refractivity contribution in [1.82, 2.24) is 9.55 Å². The topological polar surface area (TPSA) is 87.3 Å². The molecule has 0 saturated carbocycles. The number of halogens is 1. The zero-order chi connectivity index (χ0) is 19.2. The predicted octanol–water partition coefficient (Wildman–Crippen LogP) is 3.76. The van der Waals surface area contributed by atoms with Crippen LogP contribution >= 0.6 is 11.8 Å². The smallest absolute Gasteiger partial charge is 0.316 e. The molecule has 0 N–H and O–H groups in total. The SMILES string of the molecule is O=C(CSc1nccn1-c1cccc(F)c1)OCc1ccc([N+](=O)[O-])cc1. The van der Waals surface area contributed by atoms with E-state index in [-0.39, 0.29) is 23.9 Å². The van der Waals surface area contributed by atoms with Crippen molar-refractivity contribution in [2.45, 2.75) is 11.8 Å². The van der Waals surface area contributed by atoms with Crippen molar-refractivity contribution >= 4 is 23.4 Å². The van der Waals surface area contributed by atoms with Gasteiger partial charge in [-0.3, -0.25) is 19.5 Å². The van der Waals surface area contributed by atoms with E-state index < -0.39 is 10.9 Å². The van der Waals surface area contributed by atoms with E-state index >= 15 is 0 Å². The van der Waals surface area contributed by atoms with Gasteiger partial charge in [-0.1, -0.05) is 17.8 Å². The second-order valence-electron chi connectivity index (χ2n) is 5.43. The van der Waals surface area contributed by atoms with Crippen molar-refractivity contribution in [2.75, 3.05) is 5.75 Å². The highest BCUT2D eigenvalue weighted by Gasteiger charge is 2.11. The molecule has 1 heterocycles. The zero-order valence-electron chi connectivity index (χ0n) is 13.9. The number of rotatable bonds is 7. The normalized spacial score (nSPS) is 10.6.